The van der Waals surface area contributed by atoms with Gasteiger partial charge in [-0.2, -0.15) is 11.8 Å². The summed E-state index contributed by atoms with van der Waals surface area (Å²) in [7, 11) is 1.41. The minimum Gasteiger partial charge on any atom is -0.465 e. The molecule has 1 aliphatic heterocycles. The third kappa shape index (κ3) is 2.61. The zero-order valence-electron chi connectivity index (χ0n) is 13.6. The zero-order chi connectivity index (χ0) is 16.5. The molecule has 3 aromatic rings. The highest BCUT2D eigenvalue weighted by Crippen LogP contribution is 2.34. The lowest BCUT2D eigenvalue weighted by molar-refractivity contribution is 0.0600. The van der Waals surface area contributed by atoms with Crippen LogP contribution < -0.4 is 0 Å². The Kier molecular flexibility index (Phi) is 4.07. The molecule has 0 saturated heterocycles. The first kappa shape index (κ1) is 15.3. The van der Waals surface area contributed by atoms with Crippen molar-refractivity contribution < 1.29 is 9.53 Å². The van der Waals surface area contributed by atoms with Crippen LogP contribution in [0.3, 0.4) is 0 Å². The van der Waals surface area contributed by atoms with E-state index in [0.717, 1.165) is 18.7 Å². The van der Waals surface area contributed by atoms with Crippen molar-refractivity contribution in [1.82, 2.24) is 4.57 Å². The second-order valence-electron chi connectivity index (χ2n) is 6.02. The molecule has 2 aromatic carbocycles. The molecule has 0 atom stereocenters. The molecule has 1 aliphatic rings. The smallest absolute Gasteiger partial charge is 0.337 e. The van der Waals surface area contributed by atoms with Crippen LogP contribution in [0, 0.1) is 0 Å². The first-order valence-corrected chi connectivity index (χ1v) is 9.27. The summed E-state index contributed by atoms with van der Waals surface area (Å²) in [4.78, 5) is 11.6. The molecule has 4 rings (SSSR count). The number of hydrogen-bond acceptors (Lipinski definition) is 3. The maximum atomic E-state index is 11.6. The number of methoxy groups -OCH3 is 1. The zero-order valence-corrected chi connectivity index (χ0v) is 14.4. The van der Waals surface area contributed by atoms with Crippen molar-refractivity contribution in [1.29, 1.82) is 0 Å². The van der Waals surface area contributed by atoms with E-state index in [2.05, 4.69) is 28.8 Å². The minimum atomic E-state index is -0.289. The molecule has 0 unspecified atom stereocenters. The normalized spacial score (nSPS) is 13.7. The van der Waals surface area contributed by atoms with E-state index >= 15 is 0 Å². The van der Waals surface area contributed by atoms with Crippen LogP contribution in [-0.2, 0) is 23.5 Å². The lowest BCUT2D eigenvalue weighted by Gasteiger charge is -2.16. The van der Waals surface area contributed by atoms with Gasteiger partial charge in [0, 0.05) is 28.9 Å². The van der Waals surface area contributed by atoms with Gasteiger partial charge in [-0.3, -0.25) is 0 Å². The molecule has 3 nitrogen and oxygen atoms in total. The molecule has 0 radical (unpaired) electrons. The van der Waals surface area contributed by atoms with Crippen LogP contribution in [0.1, 0.15) is 27.2 Å². The standard InChI is InChI=1S/C20H19NO2S/c1-23-20(22)15-8-6-14(7-9-15)12-21-18-5-3-2-4-16(18)17-13-24-11-10-19(17)21/h2-9H,10-13H2,1H3. The molecule has 0 amide bonds. The Morgan fingerprint density at radius 3 is 2.75 bits per heavy atom. The molecule has 4 heteroatoms. The quantitative estimate of drug-likeness (QED) is 0.669. The van der Waals surface area contributed by atoms with Crippen molar-refractivity contribution in [2.24, 2.45) is 0 Å². The van der Waals surface area contributed by atoms with E-state index in [1.807, 2.05) is 36.0 Å². The Hall–Kier alpha value is -2.20. The van der Waals surface area contributed by atoms with E-state index in [-0.39, 0.29) is 5.97 Å². The molecule has 0 fully saturated rings. The lowest BCUT2D eigenvalue weighted by atomic mass is 10.1. The van der Waals surface area contributed by atoms with Crippen molar-refractivity contribution in [2.45, 2.75) is 18.7 Å². The average molecular weight is 337 g/mol. The van der Waals surface area contributed by atoms with E-state index in [9.17, 15) is 4.79 Å². The number of carbonyl (C=O) groups excluding carboxylic acids is 1. The third-order valence-corrected chi connectivity index (χ3v) is 5.63. The highest BCUT2D eigenvalue weighted by molar-refractivity contribution is 7.98. The van der Waals surface area contributed by atoms with Crippen molar-refractivity contribution in [2.75, 3.05) is 12.9 Å². The molecular weight excluding hydrogens is 318 g/mol. The molecular formula is C20H19NO2S. The maximum absolute atomic E-state index is 11.6. The SMILES string of the molecule is COC(=O)c1ccc(Cn2c3c(c4ccccc42)CSCC3)cc1. The highest BCUT2D eigenvalue weighted by Gasteiger charge is 2.20. The number of hydrogen-bond donors (Lipinski definition) is 0. The van der Waals surface area contributed by atoms with Gasteiger partial charge < -0.3 is 9.30 Å². The maximum Gasteiger partial charge on any atom is 0.337 e. The van der Waals surface area contributed by atoms with Crippen molar-refractivity contribution in [3.63, 3.8) is 0 Å². The van der Waals surface area contributed by atoms with Crippen LogP contribution in [0.2, 0.25) is 0 Å². The van der Waals surface area contributed by atoms with Crippen LogP contribution in [0.5, 0.6) is 0 Å². The highest BCUT2D eigenvalue weighted by atomic mass is 32.2. The fourth-order valence-electron chi connectivity index (χ4n) is 3.45. The van der Waals surface area contributed by atoms with Gasteiger partial charge in [-0.25, -0.2) is 4.79 Å². The van der Waals surface area contributed by atoms with Gasteiger partial charge in [-0.05, 0) is 41.5 Å². The van der Waals surface area contributed by atoms with E-state index in [1.54, 1.807) is 0 Å². The molecule has 0 N–H and O–H groups in total. The number of thioether (sulfide) groups is 1. The summed E-state index contributed by atoms with van der Waals surface area (Å²) < 4.78 is 7.21. The number of para-hydroxylation sites is 1. The van der Waals surface area contributed by atoms with E-state index in [4.69, 9.17) is 4.74 Å². The van der Waals surface area contributed by atoms with Gasteiger partial charge in [0.05, 0.1) is 12.7 Å². The van der Waals surface area contributed by atoms with Crippen LogP contribution in [-0.4, -0.2) is 23.4 Å². The van der Waals surface area contributed by atoms with Gasteiger partial charge >= 0.3 is 5.97 Å². The van der Waals surface area contributed by atoms with E-state index in [1.165, 1.54) is 40.6 Å². The number of ether oxygens (including phenoxy) is 1. The predicted molar refractivity (Wildman–Crippen MR) is 98.7 cm³/mol. The molecule has 0 saturated carbocycles. The molecule has 24 heavy (non-hydrogen) atoms. The number of carbonyl (C=O) groups is 1. The number of rotatable bonds is 3. The predicted octanol–water partition coefficient (Wildman–Crippen LogP) is 4.27. The Morgan fingerprint density at radius 1 is 1.17 bits per heavy atom. The third-order valence-electron chi connectivity index (χ3n) is 4.64. The topological polar surface area (TPSA) is 31.2 Å². The number of benzene rings is 2. The Bertz CT molecular complexity index is 896. The van der Waals surface area contributed by atoms with Crippen LogP contribution >= 0.6 is 11.8 Å². The first-order chi connectivity index (χ1) is 11.8. The lowest BCUT2D eigenvalue weighted by Crippen LogP contribution is -2.10. The van der Waals surface area contributed by atoms with E-state index in [0.29, 0.717) is 5.56 Å². The van der Waals surface area contributed by atoms with Gasteiger partial charge in [0.1, 0.15) is 0 Å². The molecule has 122 valence electrons. The summed E-state index contributed by atoms with van der Waals surface area (Å²) in [6.07, 6.45) is 1.12. The number of nitrogens with zero attached hydrogens (tertiary/aromatic N) is 1. The summed E-state index contributed by atoms with van der Waals surface area (Å²) in [6, 6.07) is 16.4. The summed E-state index contributed by atoms with van der Waals surface area (Å²) in [5.41, 5.74) is 6.06. The summed E-state index contributed by atoms with van der Waals surface area (Å²) in [5.74, 6) is 2.00. The minimum absolute atomic E-state index is 0.289. The van der Waals surface area contributed by atoms with Gasteiger partial charge in [0.25, 0.3) is 0 Å². The average Bonchev–Trinajstić information content (AvgIpc) is 2.96. The first-order valence-electron chi connectivity index (χ1n) is 8.12. The molecule has 0 spiro atoms. The summed E-state index contributed by atoms with van der Waals surface area (Å²) >= 11 is 2.02. The number of aromatic nitrogens is 1. The van der Waals surface area contributed by atoms with Gasteiger partial charge in [-0.1, -0.05) is 30.3 Å². The van der Waals surface area contributed by atoms with Gasteiger partial charge in [-0.15, -0.1) is 0 Å². The Labute approximate surface area is 145 Å². The van der Waals surface area contributed by atoms with Crippen molar-refractivity contribution in [3.05, 3.63) is 70.9 Å². The number of fused-ring (bicyclic) bond motifs is 3. The summed E-state index contributed by atoms with van der Waals surface area (Å²) in [5, 5.41) is 1.38. The van der Waals surface area contributed by atoms with Gasteiger partial charge in [0.2, 0.25) is 0 Å². The van der Waals surface area contributed by atoms with Crippen LogP contribution in [0.4, 0.5) is 0 Å². The Morgan fingerprint density at radius 2 is 1.96 bits per heavy atom. The fourth-order valence-corrected chi connectivity index (χ4v) is 4.45. The molecule has 2 heterocycles. The van der Waals surface area contributed by atoms with E-state index < -0.39 is 0 Å². The second-order valence-corrected chi connectivity index (χ2v) is 7.12. The number of esters is 1. The second kappa shape index (κ2) is 6.36. The summed E-state index contributed by atoms with van der Waals surface area (Å²) in [6.45, 7) is 0.835. The Balaban J connectivity index is 1.73. The van der Waals surface area contributed by atoms with Crippen molar-refractivity contribution in [3.8, 4) is 0 Å². The fraction of sp³-hybridized carbons (Fsp3) is 0.250. The van der Waals surface area contributed by atoms with Crippen LogP contribution in [0.25, 0.3) is 10.9 Å². The monoisotopic (exact) mass is 337 g/mol. The van der Waals surface area contributed by atoms with Crippen LogP contribution in [0.15, 0.2) is 48.5 Å². The molecule has 0 aliphatic carbocycles. The molecule has 0 bridgehead atoms. The van der Waals surface area contributed by atoms with Crippen molar-refractivity contribution >= 4 is 28.6 Å². The van der Waals surface area contributed by atoms with Gasteiger partial charge in [0.15, 0.2) is 0 Å². The largest absolute Gasteiger partial charge is 0.465 e. The molecule has 1 aromatic heterocycles.